The lowest BCUT2D eigenvalue weighted by molar-refractivity contribution is 0.266. The first-order valence-corrected chi connectivity index (χ1v) is 4.69. The van der Waals surface area contributed by atoms with E-state index in [1.165, 1.54) is 25.0 Å². The summed E-state index contributed by atoms with van der Waals surface area (Å²) in [7, 11) is 1.75. The molecule has 0 fully saturated rings. The molecule has 66 valence electrons. The minimum absolute atomic E-state index is 0.734. The highest BCUT2D eigenvalue weighted by Crippen LogP contribution is 2.28. The van der Waals surface area contributed by atoms with Crippen molar-refractivity contribution in [3.05, 3.63) is 11.8 Å². The molecule has 1 unspecified atom stereocenters. The summed E-state index contributed by atoms with van der Waals surface area (Å²) < 4.78 is 5.22. The molecule has 0 saturated heterocycles. The standard InChI is InChI=1S/C10H15NO/c1-12-9-5-4-8-3-2-6-11-10(8)7-9/h7-8H,2-6H2,1H3. The molecule has 0 amide bonds. The van der Waals surface area contributed by atoms with Crippen LogP contribution in [0.15, 0.2) is 16.8 Å². The minimum atomic E-state index is 0.734. The third kappa shape index (κ3) is 1.38. The van der Waals surface area contributed by atoms with E-state index < -0.39 is 0 Å². The molecule has 2 aliphatic rings. The highest BCUT2D eigenvalue weighted by molar-refractivity contribution is 5.98. The van der Waals surface area contributed by atoms with E-state index in [0.29, 0.717) is 0 Å². The second-order valence-corrected chi connectivity index (χ2v) is 3.50. The van der Waals surface area contributed by atoms with E-state index in [1.54, 1.807) is 7.11 Å². The van der Waals surface area contributed by atoms with E-state index in [-0.39, 0.29) is 0 Å². The van der Waals surface area contributed by atoms with Crippen molar-refractivity contribution in [2.24, 2.45) is 10.9 Å². The van der Waals surface area contributed by atoms with Gasteiger partial charge in [0.25, 0.3) is 0 Å². The zero-order valence-corrected chi connectivity index (χ0v) is 7.55. The highest BCUT2D eigenvalue weighted by Gasteiger charge is 2.22. The van der Waals surface area contributed by atoms with Crippen molar-refractivity contribution in [2.45, 2.75) is 25.7 Å². The van der Waals surface area contributed by atoms with Gasteiger partial charge >= 0.3 is 0 Å². The van der Waals surface area contributed by atoms with Crippen LogP contribution in [0.1, 0.15) is 25.7 Å². The summed E-state index contributed by atoms with van der Waals surface area (Å²) >= 11 is 0. The molecular formula is C10H15NO. The first kappa shape index (κ1) is 7.84. The number of fused-ring (bicyclic) bond motifs is 1. The Kier molecular flexibility index (Phi) is 2.15. The number of rotatable bonds is 1. The van der Waals surface area contributed by atoms with E-state index in [4.69, 9.17) is 4.74 Å². The maximum absolute atomic E-state index is 5.22. The summed E-state index contributed by atoms with van der Waals surface area (Å²) in [5.41, 5.74) is 1.28. The van der Waals surface area contributed by atoms with Gasteiger partial charge in [-0.3, -0.25) is 4.99 Å². The SMILES string of the molecule is COC1=CC2=NCCCC2CC1. The van der Waals surface area contributed by atoms with Crippen LogP contribution < -0.4 is 0 Å². The molecule has 0 N–H and O–H groups in total. The van der Waals surface area contributed by atoms with Crippen molar-refractivity contribution in [3.63, 3.8) is 0 Å². The molecule has 0 aromatic rings. The Morgan fingerprint density at radius 3 is 3.25 bits per heavy atom. The number of ether oxygens (including phenoxy) is 1. The fourth-order valence-corrected chi connectivity index (χ4v) is 1.99. The lowest BCUT2D eigenvalue weighted by atomic mass is 9.86. The first-order valence-electron chi connectivity index (χ1n) is 4.69. The maximum atomic E-state index is 5.22. The fourth-order valence-electron chi connectivity index (χ4n) is 1.99. The van der Waals surface area contributed by atoms with Gasteiger partial charge in [0.15, 0.2) is 0 Å². The van der Waals surface area contributed by atoms with E-state index >= 15 is 0 Å². The Labute approximate surface area is 73.3 Å². The molecule has 2 nitrogen and oxygen atoms in total. The van der Waals surface area contributed by atoms with Gasteiger partial charge in [-0.2, -0.15) is 0 Å². The molecule has 0 bridgehead atoms. The number of allylic oxidation sites excluding steroid dienone is 2. The summed E-state index contributed by atoms with van der Waals surface area (Å²) in [6.07, 6.45) is 7.06. The molecule has 2 rings (SSSR count). The molecule has 0 spiro atoms. The third-order valence-electron chi connectivity index (χ3n) is 2.73. The quantitative estimate of drug-likeness (QED) is 0.583. The van der Waals surface area contributed by atoms with Gasteiger partial charge in [0.2, 0.25) is 0 Å². The number of methoxy groups -OCH3 is 1. The predicted molar refractivity (Wildman–Crippen MR) is 49.4 cm³/mol. The normalized spacial score (nSPS) is 28.6. The number of nitrogens with zero attached hydrogens (tertiary/aromatic N) is 1. The average molecular weight is 165 g/mol. The zero-order chi connectivity index (χ0) is 8.39. The lowest BCUT2D eigenvalue weighted by Crippen LogP contribution is -2.22. The molecule has 1 aliphatic carbocycles. The molecule has 0 radical (unpaired) electrons. The minimum Gasteiger partial charge on any atom is -0.501 e. The third-order valence-corrected chi connectivity index (χ3v) is 2.73. The van der Waals surface area contributed by atoms with Crippen LogP contribution in [0.3, 0.4) is 0 Å². The van der Waals surface area contributed by atoms with Crippen LogP contribution in [0.2, 0.25) is 0 Å². The van der Waals surface area contributed by atoms with E-state index in [0.717, 1.165) is 24.6 Å². The number of hydrogen-bond acceptors (Lipinski definition) is 2. The van der Waals surface area contributed by atoms with Crippen molar-refractivity contribution in [3.8, 4) is 0 Å². The van der Waals surface area contributed by atoms with Crippen LogP contribution in [-0.2, 0) is 4.74 Å². The summed E-state index contributed by atoms with van der Waals surface area (Å²) in [6, 6.07) is 0. The van der Waals surface area contributed by atoms with Crippen molar-refractivity contribution in [1.82, 2.24) is 0 Å². The Hall–Kier alpha value is -0.790. The Balaban J connectivity index is 2.18. The van der Waals surface area contributed by atoms with E-state index in [2.05, 4.69) is 11.1 Å². The topological polar surface area (TPSA) is 21.6 Å². The van der Waals surface area contributed by atoms with Crippen LogP contribution in [0.4, 0.5) is 0 Å². The Morgan fingerprint density at radius 1 is 1.50 bits per heavy atom. The van der Waals surface area contributed by atoms with Crippen LogP contribution in [-0.4, -0.2) is 19.4 Å². The van der Waals surface area contributed by atoms with Crippen LogP contribution in [0.5, 0.6) is 0 Å². The Morgan fingerprint density at radius 2 is 2.42 bits per heavy atom. The van der Waals surface area contributed by atoms with Crippen molar-refractivity contribution in [2.75, 3.05) is 13.7 Å². The van der Waals surface area contributed by atoms with Crippen LogP contribution >= 0.6 is 0 Å². The molecule has 0 saturated carbocycles. The molecular weight excluding hydrogens is 150 g/mol. The average Bonchev–Trinajstić information content (AvgIpc) is 2.17. The monoisotopic (exact) mass is 165 g/mol. The molecule has 12 heavy (non-hydrogen) atoms. The van der Waals surface area contributed by atoms with Gasteiger partial charge in [-0.1, -0.05) is 0 Å². The van der Waals surface area contributed by atoms with Crippen molar-refractivity contribution in [1.29, 1.82) is 0 Å². The second-order valence-electron chi connectivity index (χ2n) is 3.50. The molecule has 0 aromatic heterocycles. The molecule has 1 atom stereocenters. The number of hydrogen-bond donors (Lipinski definition) is 0. The lowest BCUT2D eigenvalue weighted by Gasteiger charge is -2.25. The highest BCUT2D eigenvalue weighted by atomic mass is 16.5. The zero-order valence-electron chi connectivity index (χ0n) is 7.55. The summed E-state index contributed by atoms with van der Waals surface area (Å²) in [4.78, 5) is 4.51. The van der Waals surface area contributed by atoms with Gasteiger partial charge in [0, 0.05) is 24.6 Å². The smallest absolute Gasteiger partial charge is 0.0973 e. The van der Waals surface area contributed by atoms with E-state index in [1.807, 2.05) is 0 Å². The summed E-state index contributed by atoms with van der Waals surface area (Å²) in [5.74, 6) is 1.84. The first-order chi connectivity index (χ1) is 5.90. The van der Waals surface area contributed by atoms with Gasteiger partial charge in [-0.05, 0) is 25.3 Å². The van der Waals surface area contributed by atoms with Crippen molar-refractivity contribution >= 4 is 5.71 Å². The molecule has 1 aliphatic heterocycles. The van der Waals surface area contributed by atoms with E-state index in [9.17, 15) is 0 Å². The van der Waals surface area contributed by atoms with Gasteiger partial charge in [0.05, 0.1) is 12.9 Å². The van der Waals surface area contributed by atoms with Crippen LogP contribution in [0.25, 0.3) is 0 Å². The molecule has 2 heteroatoms. The predicted octanol–water partition coefficient (Wildman–Crippen LogP) is 2.16. The van der Waals surface area contributed by atoms with Crippen LogP contribution in [0, 0.1) is 5.92 Å². The Bertz CT molecular complexity index is 230. The second kappa shape index (κ2) is 3.30. The van der Waals surface area contributed by atoms with Gasteiger partial charge in [0.1, 0.15) is 0 Å². The van der Waals surface area contributed by atoms with Gasteiger partial charge in [-0.25, -0.2) is 0 Å². The van der Waals surface area contributed by atoms with Gasteiger partial charge in [-0.15, -0.1) is 0 Å². The summed E-state index contributed by atoms with van der Waals surface area (Å²) in [5, 5.41) is 0. The fraction of sp³-hybridized carbons (Fsp3) is 0.700. The largest absolute Gasteiger partial charge is 0.501 e. The molecule has 0 aromatic carbocycles. The van der Waals surface area contributed by atoms with Crippen molar-refractivity contribution < 1.29 is 4.74 Å². The molecule has 1 heterocycles. The number of aliphatic imine (C=N–C) groups is 1. The maximum Gasteiger partial charge on any atom is 0.0973 e. The van der Waals surface area contributed by atoms with Gasteiger partial charge < -0.3 is 4.74 Å². The summed E-state index contributed by atoms with van der Waals surface area (Å²) in [6.45, 7) is 1.01.